The molecule has 2 aromatic heterocycles. The molecule has 1 saturated carbocycles. The van der Waals surface area contributed by atoms with Gasteiger partial charge >= 0.3 is 0 Å². The van der Waals surface area contributed by atoms with Gasteiger partial charge in [0, 0.05) is 38.4 Å². The number of carbonyl (C=O) groups excluding carboxylic acids is 1. The number of hydrogen-bond acceptors (Lipinski definition) is 4. The number of piperidine rings is 1. The highest BCUT2D eigenvalue weighted by atomic mass is 16.3. The summed E-state index contributed by atoms with van der Waals surface area (Å²) in [7, 11) is 0. The Hall–Kier alpha value is -2.14. The van der Waals surface area contributed by atoms with E-state index in [0.29, 0.717) is 30.7 Å². The van der Waals surface area contributed by atoms with Gasteiger partial charge in [0.2, 0.25) is 5.91 Å². The van der Waals surface area contributed by atoms with E-state index < -0.39 is 0 Å². The number of nitrogens with one attached hydrogen (secondary N) is 1. The number of aromatic nitrogens is 1. The zero-order valence-electron chi connectivity index (χ0n) is 13.0. The number of likely N-dealkylation sites (tertiary alicyclic amines) is 1. The maximum absolute atomic E-state index is 12.0. The van der Waals surface area contributed by atoms with E-state index in [1.807, 2.05) is 24.5 Å². The summed E-state index contributed by atoms with van der Waals surface area (Å²) >= 11 is 0. The van der Waals surface area contributed by atoms with Gasteiger partial charge in [-0.15, -0.1) is 0 Å². The Balaban J connectivity index is 1.19. The van der Waals surface area contributed by atoms with Crippen LogP contribution in [0.1, 0.15) is 17.7 Å². The third kappa shape index (κ3) is 3.29. The van der Waals surface area contributed by atoms with E-state index in [0.717, 1.165) is 25.4 Å². The van der Waals surface area contributed by atoms with Gasteiger partial charge in [0.1, 0.15) is 5.76 Å². The summed E-state index contributed by atoms with van der Waals surface area (Å²) in [4.78, 5) is 18.6. The third-order valence-electron chi connectivity index (χ3n) is 5.06. The lowest BCUT2D eigenvalue weighted by molar-refractivity contribution is -0.121. The number of furan rings is 1. The number of fused-ring (bicyclic) bond motifs is 1. The van der Waals surface area contributed by atoms with Crippen LogP contribution < -0.4 is 5.32 Å². The lowest BCUT2D eigenvalue weighted by Gasteiger charge is -2.19. The predicted molar refractivity (Wildman–Crippen MR) is 85.2 cm³/mol. The highest BCUT2D eigenvalue weighted by Crippen LogP contribution is 2.53. The molecule has 0 bridgehead atoms. The minimum absolute atomic E-state index is 0.140. The van der Waals surface area contributed by atoms with Crippen LogP contribution in [-0.2, 0) is 17.9 Å². The lowest BCUT2D eigenvalue weighted by Crippen LogP contribution is -2.27. The van der Waals surface area contributed by atoms with E-state index in [9.17, 15) is 4.79 Å². The van der Waals surface area contributed by atoms with Gasteiger partial charge < -0.3 is 9.73 Å². The molecule has 1 saturated heterocycles. The van der Waals surface area contributed by atoms with Gasteiger partial charge in [0.15, 0.2) is 0 Å². The second-order valence-electron chi connectivity index (χ2n) is 6.60. The number of nitrogens with zero attached hydrogens (tertiary/aromatic N) is 2. The molecular formula is C18H21N3O2. The Morgan fingerprint density at radius 2 is 2.04 bits per heavy atom. The van der Waals surface area contributed by atoms with Crippen molar-refractivity contribution in [2.24, 2.45) is 17.8 Å². The van der Waals surface area contributed by atoms with Crippen LogP contribution in [0.4, 0.5) is 0 Å². The summed E-state index contributed by atoms with van der Waals surface area (Å²) in [6, 6.07) is 7.86. The Morgan fingerprint density at radius 3 is 2.74 bits per heavy atom. The molecule has 1 amide bonds. The summed E-state index contributed by atoms with van der Waals surface area (Å²) in [5, 5.41) is 2.94. The molecule has 1 aliphatic carbocycles. The molecule has 0 aromatic carbocycles. The molecule has 5 nitrogen and oxygen atoms in total. The Morgan fingerprint density at radius 1 is 1.26 bits per heavy atom. The quantitative estimate of drug-likeness (QED) is 0.887. The molecule has 1 N–H and O–H groups in total. The topological polar surface area (TPSA) is 58.4 Å². The zero-order chi connectivity index (χ0) is 15.6. The SMILES string of the molecule is O=C(CC1[C@H]2CN(Cc3ccncc3)C[C@@H]12)NCc1ccco1. The van der Waals surface area contributed by atoms with Gasteiger partial charge in [-0.3, -0.25) is 14.7 Å². The molecule has 1 unspecified atom stereocenters. The number of amides is 1. The molecule has 2 aliphatic rings. The molecule has 3 heterocycles. The van der Waals surface area contributed by atoms with Crippen LogP contribution in [0.25, 0.3) is 0 Å². The van der Waals surface area contributed by atoms with Gasteiger partial charge in [0.25, 0.3) is 0 Å². The maximum atomic E-state index is 12.0. The van der Waals surface area contributed by atoms with Crippen molar-refractivity contribution in [2.75, 3.05) is 13.1 Å². The van der Waals surface area contributed by atoms with E-state index >= 15 is 0 Å². The fraction of sp³-hybridized carbons (Fsp3) is 0.444. The van der Waals surface area contributed by atoms with Crippen molar-refractivity contribution in [1.29, 1.82) is 0 Å². The van der Waals surface area contributed by atoms with Crippen LogP contribution in [-0.4, -0.2) is 28.9 Å². The summed E-state index contributed by atoms with van der Waals surface area (Å²) in [5.41, 5.74) is 1.31. The minimum atomic E-state index is 0.140. The molecule has 1 aliphatic heterocycles. The Kier molecular flexibility index (Phi) is 3.87. The van der Waals surface area contributed by atoms with Crippen LogP contribution in [0, 0.1) is 17.8 Å². The second-order valence-corrected chi connectivity index (χ2v) is 6.60. The van der Waals surface area contributed by atoms with Gasteiger partial charge in [-0.2, -0.15) is 0 Å². The van der Waals surface area contributed by atoms with Crippen LogP contribution in [0.5, 0.6) is 0 Å². The second kappa shape index (κ2) is 6.16. The van der Waals surface area contributed by atoms with Crippen molar-refractivity contribution in [2.45, 2.75) is 19.5 Å². The standard InChI is InChI=1S/C18H21N3O2/c22-18(20-9-14-2-1-7-23-14)8-15-16-11-21(12-17(15)16)10-13-3-5-19-6-4-13/h1-7,15-17H,8-12H2,(H,20,22)/t15?,16-,17+. The van der Waals surface area contributed by atoms with Crippen molar-refractivity contribution in [3.63, 3.8) is 0 Å². The van der Waals surface area contributed by atoms with Crippen LogP contribution in [0.2, 0.25) is 0 Å². The van der Waals surface area contributed by atoms with E-state index in [4.69, 9.17) is 4.42 Å². The van der Waals surface area contributed by atoms with Crippen LogP contribution in [0.15, 0.2) is 47.3 Å². The number of hydrogen-bond donors (Lipinski definition) is 1. The summed E-state index contributed by atoms with van der Waals surface area (Å²) in [5.74, 6) is 2.91. The van der Waals surface area contributed by atoms with E-state index in [2.05, 4.69) is 27.3 Å². The van der Waals surface area contributed by atoms with Crippen molar-refractivity contribution >= 4 is 5.91 Å². The van der Waals surface area contributed by atoms with Gasteiger partial charge in [-0.1, -0.05) is 0 Å². The van der Waals surface area contributed by atoms with E-state index in [-0.39, 0.29) is 5.91 Å². The van der Waals surface area contributed by atoms with E-state index in [1.54, 1.807) is 6.26 Å². The van der Waals surface area contributed by atoms with Crippen molar-refractivity contribution < 1.29 is 9.21 Å². The predicted octanol–water partition coefficient (Wildman–Crippen LogP) is 2.06. The molecular weight excluding hydrogens is 290 g/mol. The zero-order valence-corrected chi connectivity index (χ0v) is 13.0. The highest BCUT2D eigenvalue weighted by Gasteiger charge is 2.55. The number of carbonyl (C=O) groups is 1. The number of rotatable bonds is 6. The smallest absolute Gasteiger partial charge is 0.220 e. The fourth-order valence-corrected chi connectivity index (χ4v) is 3.80. The monoisotopic (exact) mass is 311 g/mol. The van der Waals surface area contributed by atoms with Crippen molar-refractivity contribution in [3.8, 4) is 0 Å². The Labute approximate surface area is 135 Å². The molecule has 120 valence electrons. The average molecular weight is 311 g/mol. The van der Waals surface area contributed by atoms with Gasteiger partial charge in [-0.05, 0) is 47.6 Å². The van der Waals surface area contributed by atoms with Crippen LogP contribution in [0.3, 0.4) is 0 Å². The summed E-state index contributed by atoms with van der Waals surface area (Å²) in [6.07, 6.45) is 5.97. The van der Waals surface area contributed by atoms with Crippen molar-refractivity contribution in [3.05, 3.63) is 54.2 Å². The Bertz CT molecular complexity index is 644. The van der Waals surface area contributed by atoms with Gasteiger partial charge in [-0.25, -0.2) is 0 Å². The summed E-state index contributed by atoms with van der Waals surface area (Å²) < 4.78 is 5.22. The average Bonchev–Trinajstić information content (AvgIpc) is 2.99. The van der Waals surface area contributed by atoms with Gasteiger partial charge in [0.05, 0.1) is 12.8 Å². The van der Waals surface area contributed by atoms with Crippen molar-refractivity contribution in [1.82, 2.24) is 15.2 Å². The first-order chi connectivity index (χ1) is 11.3. The number of pyridine rings is 1. The molecule has 23 heavy (non-hydrogen) atoms. The highest BCUT2D eigenvalue weighted by molar-refractivity contribution is 5.76. The molecule has 5 heteroatoms. The molecule has 2 fully saturated rings. The molecule has 3 atom stereocenters. The maximum Gasteiger partial charge on any atom is 0.220 e. The first kappa shape index (κ1) is 14.5. The van der Waals surface area contributed by atoms with Crippen LogP contribution >= 0.6 is 0 Å². The first-order valence-electron chi connectivity index (χ1n) is 8.20. The molecule has 2 aromatic rings. The first-order valence-corrected chi connectivity index (χ1v) is 8.20. The molecule has 4 rings (SSSR count). The largest absolute Gasteiger partial charge is 0.467 e. The summed E-state index contributed by atoms with van der Waals surface area (Å²) in [6.45, 7) is 3.71. The molecule has 0 radical (unpaired) electrons. The minimum Gasteiger partial charge on any atom is -0.467 e. The fourth-order valence-electron chi connectivity index (χ4n) is 3.80. The molecule has 0 spiro atoms. The third-order valence-corrected chi connectivity index (χ3v) is 5.06. The lowest BCUT2D eigenvalue weighted by atomic mass is 10.1. The van der Waals surface area contributed by atoms with E-state index in [1.165, 1.54) is 5.56 Å². The normalized spacial score (nSPS) is 26.0.